The summed E-state index contributed by atoms with van der Waals surface area (Å²) >= 11 is 0. The summed E-state index contributed by atoms with van der Waals surface area (Å²) in [6.45, 7) is 2.62. The molecule has 0 spiro atoms. The lowest BCUT2D eigenvalue weighted by molar-refractivity contribution is -0.144. The molecule has 0 aliphatic carbocycles. The zero-order valence-electron chi connectivity index (χ0n) is 32.3. The summed E-state index contributed by atoms with van der Waals surface area (Å²) in [7, 11) is -0.887. The second-order valence-electron chi connectivity index (χ2n) is 14.3. The topological polar surface area (TPSA) is 116 Å². The third kappa shape index (κ3) is 7.56. The number of nitrogens with zero attached hydrogens (tertiary/aromatic N) is 3. The molecule has 2 aromatic heterocycles. The normalized spacial score (nSPS) is 20.8. The monoisotopic (exact) mass is 721 g/mol. The zero-order valence-corrected chi connectivity index (χ0v) is 30.2. The molecule has 12 heteroatoms. The van der Waals surface area contributed by atoms with E-state index in [1.807, 2.05) is 13.8 Å². The predicted molar refractivity (Wildman–Crippen MR) is 192 cm³/mol. The Bertz CT molecular complexity index is 2320. The second-order valence-corrected chi connectivity index (χ2v) is 16.5. The fraction of sp³-hybridized carbons (Fsp3) is 0.410. The molecule has 6 rings (SSSR count). The number of rotatable bonds is 4. The minimum Gasteiger partial charge on any atom is -0.469 e. The van der Waals surface area contributed by atoms with Gasteiger partial charge in [0.05, 0.1) is 35.5 Å². The van der Waals surface area contributed by atoms with E-state index in [9.17, 15) is 13.2 Å². The van der Waals surface area contributed by atoms with Gasteiger partial charge in [0.25, 0.3) is 0 Å². The van der Waals surface area contributed by atoms with E-state index in [1.165, 1.54) is 37.0 Å². The molecule has 0 amide bonds. The number of esters is 1. The van der Waals surface area contributed by atoms with Crippen LogP contribution < -0.4 is 4.74 Å². The number of halogens is 2. The van der Waals surface area contributed by atoms with E-state index >= 15 is 8.78 Å². The highest BCUT2D eigenvalue weighted by atomic mass is 32.2. The van der Waals surface area contributed by atoms with E-state index < -0.39 is 51.0 Å². The molecule has 51 heavy (non-hydrogen) atoms. The highest BCUT2D eigenvalue weighted by Crippen LogP contribution is 2.41. The van der Waals surface area contributed by atoms with Crippen LogP contribution in [-0.2, 0) is 44.7 Å². The van der Waals surface area contributed by atoms with Crippen LogP contribution in [0.5, 0.6) is 11.5 Å². The van der Waals surface area contributed by atoms with Crippen LogP contribution >= 0.6 is 0 Å². The van der Waals surface area contributed by atoms with Crippen LogP contribution in [0.25, 0.3) is 22.3 Å². The number of benzene rings is 3. The molecule has 3 aromatic carbocycles. The van der Waals surface area contributed by atoms with Crippen molar-refractivity contribution in [2.75, 3.05) is 18.6 Å². The number of carbonyl (C=O) groups excluding carboxylic acids is 1. The molecular weight excluding hydrogens is 675 g/mol. The summed E-state index contributed by atoms with van der Waals surface area (Å²) in [4.78, 5) is 20.0. The minimum absolute atomic E-state index is 0.00377. The molecule has 2 atom stereocenters. The van der Waals surface area contributed by atoms with E-state index in [-0.39, 0.29) is 65.9 Å². The van der Waals surface area contributed by atoms with Crippen molar-refractivity contribution in [3.63, 3.8) is 0 Å². The molecule has 0 saturated heterocycles. The number of hydrogen-bond acceptors (Lipinski definition) is 7. The summed E-state index contributed by atoms with van der Waals surface area (Å²) in [5.74, 6) is -3.04. The molecule has 9 nitrogen and oxygen atoms in total. The van der Waals surface area contributed by atoms with Crippen molar-refractivity contribution in [2.45, 2.75) is 65.1 Å². The SMILES string of the molecule is [2H]C([2H])([2H])C1(c2cccc(CC(C)C(=O)OC)c2)CCCC(C)(C)CS(=O)(=O)CCc2c(c(F)cc3[nH]ccc23)Oc2ccc(F)c(c2)-c2nc1nn2C. The Hall–Kier alpha value is -4.58. The maximum absolute atomic E-state index is 15.8. The standard InChI is InChI=1S/C39H44F2N4O5S/c1-24(36(46)49-6)19-25-9-7-10-26(20-25)39(4)16-8-15-38(2,3)23-51(47,48)18-14-29-28-13-17-42-33(28)22-32(41)34(29)50-27-11-12-31(40)30(21-27)35-43-37(39)44-45(35)5/h7,9-13,17,20-22,24,42H,8,14-16,18-19,23H2,1-6H3/i4D3. The predicted octanol–water partition coefficient (Wildman–Crippen LogP) is 7.86. The van der Waals surface area contributed by atoms with E-state index in [0.29, 0.717) is 34.0 Å². The van der Waals surface area contributed by atoms with Crippen LogP contribution in [0.2, 0.25) is 0 Å². The molecule has 270 valence electrons. The number of sulfone groups is 1. The third-order valence-electron chi connectivity index (χ3n) is 9.65. The Kier molecular flexibility index (Phi) is 8.79. The van der Waals surface area contributed by atoms with Gasteiger partial charge in [-0.2, -0.15) is 5.10 Å². The number of aryl methyl sites for hydroxylation is 2. The van der Waals surface area contributed by atoms with Gasteiger partial charge in [-0.1, -0.05) is 51.5 Å². The van der Waals surface area contributed by atoms with Crippen LogP contribution in [0.15, 0.2) is 60.8 Å². The maximum Gasteiger partial charge on any atom is 0.308 e. The Labute approximate surface area is 301 Å². The van der Waals surface area contributed by atoms with Gasteiger partial charge < -0.3 is 14.5 Å². The number of aromatic amines is 1. The summed E-state index contributed by atoms with van der Waals surface area (Å²) in [6, 6.07) is 13.7. The van der Waals surface area contributed by atoms with E-state index in [1.54, 1.807) is 43.5 Å². The van der Waals surface area contributed by atoms with Gasteiger partial charge in [-0.25, -0.2) is 26.9 Å². The molecule has 1 aliphatic heterocycles. The Morgan fingerprint density at radius 2 is 1.94 bits per heavy atom. The first-order chi connectivity index (χ1) is 25.3. The highest BCUT2D eigenvalue weighted by Gasteiger charge is 2.36. The van der Waals surface area contributed by atoms with Crippen molar-refractivity contribution < 1.29 is 35.6 Å². The van der Waals surface area contributed by atoms with Gasteiger partial charge in [0, 0.05) is 39.9 Å². The lowest BCUT2D eigenvalue weighted by Crippen LogP contribution is -2.29. The average Bonchev–Trinajstić information content (AvgIpc) is 3.71. The molecule has 0 saturated carbocycles. The number of ether oxygens (including phenoxy) is 2. The van der Waals surface area contributed by atoms with Crippen molar-refractivity contribution in [3.8, 4) is 22.9 Å². The Morgan fingerprint density at radius 3 is 2.71 bits per heavy atom. The number of methoxy groups -OCH3 is 1. The van der Waals surface area contributed by atoms with Gasteiger partial charge in [-0.15, -0.1) is 0 Å². The molecule has 1 N–H and O–H groups in total. The quantitative estimate of drug-likeness (QED) is 0.188. The summed E-state index contributed by atoms with van der Waals surface area (Å²) in [5.41, 5.74) is -0.790. The smallest absolute Gasteiger partial charge is 0.308 e. The number of H-pyrrole nitrogens is 1. The molecule has 5 aromatic rings. The van der Waals surface area contributed by atoms with Gasteiger partial charge >= 0.3 is 5.97 Å². The first-order valence-corrected chi connectivity index (χ1v) is 18.7. The molecule has 4 bridgehead atoms. The Balaban J connectivity index is 1.56. The van der Waals surface area contributed by atoms with Crippen LogP contribution in [0.4, 0.5) is 8.78 Å². The Morgan fingerprint density at radius 1 is 1.14 bits per heavy atom. The summed E-state index contributed by atoms with van der Waals surface area (Å²) in [6.07, 6.45) is 2.46. The minimum atomic E-state index is -3.73. The maximum atomic E-state index is 15.8. The van der Waals surface area contributed by atoms with Crippen molar-refractivity contribution in [3.05, 3.63) is 94.9 Å². The molecule has 1 aliphatic rings. The average molecular weight is 722 g/mol. The molecule has 3 heterocycles. The van der Waals surface area contributed by atoms with E-state index in [2.05, 4.69) is 10.1 Å². The number of aromatic nitrogens is 4. The molecule has 2 unspecified atom stereocenters. The fourth-order valence-corrected chi connectivity index (χ4v) is 9.05. The van der Waals surface area contributed by atoms with Crippen molar-refractivity contribution >= 4 is 26.7 Å². The van der Waals surface area contributed by atoms with Crippen molar-refractivity contribution in [1.82, 2.24) is 19.7 Å². The largest absolute Gasteiger partial charge is 0.469 e. The number of nitrogens with one attached hydrogen (secondary N) is 1. The fourth-order valence-electron chi connectivity index (χ4n) is 7.06. The molecular formula is C39H44F2N4O5S. The van der Waals surface area contributed by atoms with E-state index in [4.69, 9.17) is 18.6 Å². The zero-order chi connectivity index (χ0) is 39.2. The van der Waals surface area contributed by atoms with Gasteiger partial charge in [-0.3, -0.25) is 4.79 Å². The number of hydrogen-bond donors (Lipinski definition) is 1. The third-order valence-corrected chi connectivity index (χ3v) is 11.7. The first kappa shape index (κ1) is 32.3. The van der Waals surface area contributed by atoms with Gasteiger partial charge in [0.2, 0.25) is 0 Å². The van der Waals surface area contributed by atoms with Gasteiger partial charge in [0.15, 0.2) is 33.1 Å². The highest BCUT2D eigenvalue weighted by molar-refractivity contribution is 7.91. The number of fused-ring (bicyclic) bond motifs is 8. The summed E-state index contributed by atoms with van der Waals surface area (Å²) in [5, 5.41) is 5.23. The molecule has 0 radical (unpaired) electrons. The van der Waals surface area contributed by atoms with Crippen molar-refractivity contribution in [1.29, 1.82) is 0 Å². The molecule has 0 fully saturated rings. The van der Waals surface area contributed by atoms with E-state index in [0.717, 1.165) is 6.07 Å². The first-order valence-electron chi connectivity index (χ1n) is 18.4. The van der Waals surface area contributed by atoms with Crippen LogP contribution in [0.3, 0.4) is 0 Å². The van der Waals surface area contributed by atoms with Crippen LogP contribution in [0, 0.1) is 23.0 Å². The van der Waals surface area contributed by atoms with Gasteiger partial charge in [-0.05, 0) is 73.3 Å². The lowest BCUT2D eigenvalue weighted by atomic mass is 9.75. The second kappa shape index (κ2) is 13.9. The summed E-state index contributed by atoms with van der Waals surface area (Å²) < 4.78 is 98.4. The number of carbonyl (C=O) groups is 1. The van der Waals surface area contributed by atoms with Crippen LogP contribution in [0.1, 0.15) is 73.5 Å². The van der Waals surface area contributed by atoms with Crippen LogP contribution in [-0.4, -0.2) is 52.8 Å². The lowest BCUT2D eigenvalue weighted by Gasteiger charge is -2.31. The van der Waals surface area contributed by atoms with Crippen molar-refractivity contribution in [2.24, 2.45) is 18.4 Å². The van der Waals surface area contributed by atoms with Gasteiger partial charge in [0.1, 0.15) is 11.6 Å².